The van der Waals surface area contributed by atoms with Gasteiger partial charge in [0, 0.05) is 5.56 Å². The number of imide groups is 1. The van der Waals surface area contributed by atoms with Crippen molar-refractivity contribution in [1.82, 2.24) is 10.2 Å². The lowest BCUT2D eigenvalue weighted by molar-refractivity contribution is -0.133. The topological polar surface area (TPSA) is 66.5 Å². The fraction of sp³-hybridized carbons (Fsp3) is 0.471. The number of amides is 3. The van der Waals surface area contributed by atoms with Gasteiger partial charge in [-0.15, -0.1) is 0 Å². The average Bonchev–Trinajstić information content (AvgIpc) is 2.78. The summed E-state index contributed by atoms with van der Waals surface area (Å²) in [7, 11) is 0. The maximum absolute atomic E-state index is 13.3. The van der Waals surface area contributed by atoms with Crippen LogP contribution in [0.3, 0.4) is 0 Å². The first kappa shape index (κ1) is 16.5. The molecule has 5 nitrogen and oxygen atoms in total. The number of hydrogen-bond acceptors (Lipinski definition) is 3. The van der Waals surface area contributed by atoms with E-state index in [-0.39, 0.29) is 11.5 Å². The van der Waals surface area contributed by atoms with E-state index in [2.05, 4.69) is 5.32 Å². The van der Waals surface area contributed by atoms with Gasteiger partial charge in [0.2, 0.25) is 0 Å². The van der Waals surface area contributed by atoms with Crippen LogP contribution in [0.2, 0.25) is 0 Å². The fourth-order valence-electron chi connectivity index (χ4n) is 3.54. The molecule has 1 aliphatic carbocycles. The number of urea groups is 1. The number of carbonyl (C=O) groups is 3. The second-order valence-electron chi connectivity index (χ2n) is 6.49. The molecule has 1 saturated heterocycles. The molecule has 7 heteroatoms. The van der Waals surface area contributed by atoms with Crippen molar-refractivity contribution in [1.29, 1.82) is 0 Å². The van der Waals surface area contributed by atoms with Gasteiger partial charge in [0.15, 0.2) is 17.4 Å². The van der Waals surface area contributed by atoms with E-state index in [1.54, 1.807) is 0 Å². The number of nitrogens with one attached hydrogen (secondary N) is 1. The van der Waals surface area contributed by atoms with Gasteiger partial charge in [0.05, 0.1) is 6.54 Å². The number of ketones is 1. The van der Waals surface area contributed by atoms with Crippen LogP contribution in [0.5, 0.6) is 0 Å². The molecule has 0 unspecified atom stereocenters. The molecule has 3 amide bonds. The fourth-order valence-corrected chi connectivity index (χ4v) is 3.54. The van der Waals surface area contributed by atoms with Gasteiger partial charge in [-0.05, 0) is 37.0 Å². The largest absolute Gasteiger partial charge is 0.325 e. The minimum absolute atomic E-state index is 0.00827. The third kappa shape index (κ3) is 2.57. The Bertz CT molecular complexity index is 722. The van der Waals surface area contributed by atoms with Gasteiger partial charge < -0.3 is 5.32 Å². The molecule has 0 bridgehead atoms. The minimum Gasteiger partial charge on any atom is -0.323 e. The van der Waals surface area contributed by atoms with Crippen molar-refractivity contribution in [3.8, 4) is 0 Å². The molecular weight excluding hydrogens is 318 g/mol. The zero-order valence-corrected chi connectivity index (χ0v) is 13.3. The normalized spacial score (nSPS) is 26.8. The van der Waals surface area contributed by atoms with Gasteiger partial charge in [-0.2, -0.15) is 0 Å². The highest BCUT2D eigenvalue weighted by atomic mass is 19.2. The first-order valence-corrected chi connectivity index (χ1v) is 7.97. The summed E-state index contributed by atoms with van der Waals surface area (Å²) in [5, 5.41) is 2.75. The van der Waals surface area contributed by atoms with Gasteiger partial charge >= 0.3 is 6.03 Å². The first-order valence-electron chi connectivity index (χ1n) is 7.97. The molecule has 1 aromatic carbocycles. The van der Waals surface area contributed by atoms with Crippen LogP contribution in [0, 0.1) is 17.6 Å². The Morgan fingerprint density at radius 3 is 2.71 bits per heavy atom. The molecule has 1 heterocycles. The number of benzene rings is 1. The van der Waals surface area contributed by atoms with E-state index in [1.807, 2.05) is 6.92 Å². The molecule has 3 rings (SSSR count). The van der Waals surface area contributed by atoms with Crippen LogP contribution < -0.4 is 5.32 Å². The number of halogens is 2. The van der Waals surface area contributed by atoms with Crippen LogP contribution in [-0.2, 0) is 4.79 Å². The highest BCUT2D eigenvalue weighted by molar-refractivity contribution is 6.11. The van der Waals surface area contributed by atoms with Crippen molar-refractivity contribution in [2.75, 3.05) is 6.54 Å². The zero-order valence-electron chi connectivity index (χ0n) is 13.3. The average molecular weight is 336 g/mol. The van der Waals surface area contributed by atoms with E-state index in [1.165, 1.54) is 0 Å². The van der Waals surface area contributed by atoms with Crippen molar-refractivity contribution in [3.05, 3.63) is 35.4 Å². The minimum atomic E-state index is -1.14. The maximum Gasteiger partial charge on any atom is 0.325 e. The predicted molar refractivity (Wildman–Crippen MR) is 81.3 cm³/mol. The summed E-state index contributed by atoms with van der Waals surface area (Å²) in [6, 6.07) is 2.15. The number of carbonyl (C=O) groups excluding carboxylic acids is 3. The molecule has 24 heavy (non-hydrogen) atoms. The van der Waals surface area contributed by atoms with Crippen molar-refractivity contribution in [2.24, 2.45) is 5.92 Å². The summed E-state index contributed by atoms with van der Waals surface area (Å²) in [4.78, 5) is 38.1. The number of rotatable bonds is 3. The maximum atomic E-state index is 13.3. The molecule has 1 N–H and O–H groups in total. The van der Waals surface area contributed by atoms with E-state index < -0.39 is 41.4 Å². The zero-order chi connectivity index (χ0) is 17.5. The highest BCUT2D eigenvalue weighted by Crippen LogP contribution is 2.38. The van der Waals surface area contributed by atoms with E-state index in [4.69, 9.17) is 0 Å². The lowest BCUT2D eigenvalue weighted by Gasteiger charge is -2.36. The quantitative estimate of drug-likeness (QED) is 0.682. The van der Waals surface area contributed by atoms with Crippen LogP contribution >= 0.6 is 0 Å². The van der Waals surface area contributed by atoms with Crippen LogP contribution in [-0.4, -0.2) is 34.7 Å². The third-order valence-electron chi connectivity index (χ3n) is 5.04. The Labute approximate surface area is 138 Å². The molecule has 0 aromatic heterocycles. The molecular formula is C17H18F2N2O3. The van der Waals surface area contributed by atoms with Gasteiger partial charge in [0.1, 0.15) is 5.54 Å². The van der Waals surface area contributed by atoms with E-state index >= 15 is 0 Å². The Morgan fingerprint density at radius 2 is 2.04 bits per heavy atom. The molecule has 1 aromatic rings. The van der Waals surface area contributed by atoms with Gasteiger partial charge in [-0.3, -0.25) is 14.5 Å². The Morgan fingerprint density at radius 1 is 1.29 bits per heavy atom. The number of Topliss-reactive ketones (excluding diaryl/α,β-unsaturated/α-hetero) is 1. The van der Waals surface area contributed by atoms with Crippen molar-refractivity contribution in [3.63, 3.8) is 0 Å². The SMILES string of the molecule is C[C@H]1CCCC[C@]12NC(=O)N(CC(=O)c1ccc(F)c(F)c1)C2=O. The van der Waals surface area contributed by atoms with Crippen LogP contribution in [0.1, 0.15) is 43.0 Å². The summed E-state index contributed by atoms with van der Waals surface area (Å²) in [5.74, 6) is -3.23. The smallest absolute Gasteiger partial charge is 0.323 e. The molecule has 1 spiro atoms. The van der Waals surface area contributed by atoms with Gasteiger partial charge in [0.25, 0.3) is 5.91 Å². The number of hydrogen-bond donors (Lipinski definition) is 1. The van der Waals surface area contributed by atoms with Crippen molar-refractivity contribution >= 4 is 17.7 Å². The molecule has 1 aliphatic heterocycles. The number of nitrogens with zero attached hydrogens (tertiary/aromatic N) is 1. The van der Waals surface area contributed by atoms with Crippen LogP contribution in [0.15, 0.2) is 18.2 Å². The standard InChI is InChI=1S/C17H18F2N2O3/c1-10-4-2-3-7-17(10)15(23)21(16(24)20-17)9-14(22)11-5-6-12(18)13(19)8-11/h5-6,8,10H,2-4,7,9H2,1H3,(H,20,24)/t10-,17-/m0/s1. The van der Waals surface area contributed by atoms with Gasteiger partial charge in [-0.25, -0.2) is 13.6 Å². The highest BCUT2D eigenvalue weighted by Gasteiger charge is 2.55. The molecule has 0 radical (unpaired) electrons. The van der Waals surface area contributed by atoms with E-state index in [0.29, 0.717) is 6.42 Å². The predicted octanol–water partition coefficient (Wildman–Crippen LogP) is 2.65. The molecule has 128 valence electrons. The molecule has 2 fully saturated rings. The Balaban J connectivity index is 1.80. The van der Waals surface area contributed by atoms with E-state index in [0.717, 1.165) is 42.4 Å². The van der Waals surface area contributed by atoms with E-state index in [9.17, 15) is 23.2 Å². The van der Waals surface area contributed by atoms with Crippen LogP contribution in [0.4, 0.5) is 13.6 Å². The first-order chi connectivity index (χ1) is 11.3. The summed E-state index contributed by atoms with van der Waals surface area (Å²) >= 11 is 0. The molecule has 1 saturated carbocycles. The summed E-state index contributed by atoms with van der Waals surface area (Å²) in [6.07, 6.45) is 3.22. The monoisotopic (exact) mass is 336 g/mol. The Hall–Kier alpha value is -2.31. The Kier molecular flexibility index (Phi) is 4.11. The summed E-state index contributed by atoms with van der Waals surface area (Å²) in [6.45, 7) is 1.43. The van der Waals surface area contributed by atoms with Crippen molar-refractivity contribution < 1.29 is 23.2 Å². The summed E-state index contributed by atoms with van der Waals surface area (Å²) in [5.41, 5.74) is -1.02. The lowest BCUT2D eigenvalue weighted by Crippen LogP contribution is -2.54. The second kappa shape index (κ2) is 5.96. The lowest BCUT2D eigenvalue weighted by atomic mass is 9.73. The van der Waals surface area contributed by atoms with Crippen molar-refractivity contribution in [2.45, 2.75) is 38.1 Å². The second-order valence-corrected chi connectivity index (χ2v) is 6.49. The third-order valence-corrected chi connectivity index (χ3v) is 5.04. The molecule has 2 atom stereocenters. The van der Waals surface area contributed by atoms with Crippen LogP contribution in [0.25, 0.3) is 0 Å². The molecule has 2 aliphatic rings. The summed E-state index contributed by atoms with van der Waals surface area (Å²) < 4.78 is 26.2. The van der Waals surface area contributed by atoms with Gasteiger partial charge in [-0.1, -0.05) is 19.8 Å².